The fourth-order valence-corrected chi connectivity index (χ4v) is 4.20. The molecule has 2 heterocycles. The number of ether oxygens (including phenoxy) is 1. The van der Waals surface area contributed by atoms with Crippen molar-refractivity contribution in [1.82, 2.24) is 10.2 Å². The summed E-state index contributed by atoms with van der Waals surface area (Å²) in [4.78, 5) is 14.9. The summed E-state index contributed by atoms with van der Waals surface area (Å²) in [6.07, 6.45) is 4.62. The lowest BCUT2D eigenvalue weighted by molar-refractivity contribution is -0.117. The van der Waals surface area contributed by atoms with Crippen LogP contribution in [0.1, 0.15) is 17.7 Å². The zero-order valence-electron chi connectivity index (χ0n) is 15.7. The van der Waals surface area contributed by atoms with Gasteiger partial charge in [0.1, 0.15) is 11.8 Å². The molecule has 0 bridgehead atoms. The van der Waals surface area contributed by atoms with Crippen LogP contribution >= 0.6 is 0 Å². The van der Waals surface area contributed by atoms with Gasteiger partial charge in [-0.05, 0) is 54.7 Å². The van der Waals surface area contributed by atoms with E-state index < -0.39 is 0 Å². The second-order valence-corrected chi connectivity index (χ2v) is 7.29. The van der Waals surface area contributed by atoms with Gasteiger partial charge in [0.2, 0.25) is 5.91 Å². The number of hydrogen-bond donors (Lipinski definition) is 2. The quantitative estimate of drug-likeness (QED) is 0.734. The lowest BCUT2D eigenvalue weighted by Gasteiger charge is -2.21. The number of nitrogens with one attached hydrogen (secondary N) is 2. The zero-order chi connectivity index (χ0) is 19.1. The molecule has 2 N–H and O–H groups in total. The largest absolute Gasteiger partial charge is 0.497 e. The van der Waals surface area contributed by atoms with Crippen molar-refractivity contribution < 1.29 is 9.53 Å². The molecule has 2 aromatic carbocycles. The standard InChI is InChI=1S/C22H22N4O2/c1-28-17-4-2-3-15(12-17)24-21-9-10-26(22(21)27)16-6-7-18-14(11-16)5-8-20-19(18)13-23-25-20/h2-4,6-7,11-13,21,24H,5,8-10H2,1H3,(H,23,25). The lowest BCUT2D eigenvalue weighted by atomic mass is 9.89. The van der Waals surface area contributed by atoms with E-state index >= 15 is 0 Å². The summed E-state index contributed by atoms with van der Waals surface area (Å²) >= 11 is 0. The van der Waals surface area contributed by atoms with Gasteiger partial charge < -0.3 is 15.0 Å². The maximum absolute atomic E-state index is 13.0. The molecule has 0 radical (unpaired) electrons. The highest BCUT2D eigenvalue weighted by Crippen LogP contribution is 2.35. The fraction of sp³-hybridized carbons (Fsp3) is 0.273. The van der Waals surface area contributed by atoms with Crippen molar-refractivity contribution in [3.05, 3.63) is 59.9 Å². The van der Waals surface area contributed by atoms with Gasteiger partial charge in [-0.15, -0.1) is 0 Å². The molecule has 1 unspecified atom stereocenters. The van der Waals surface area contributed by atoms with Gasteiger partial charge in [-0.2, -0.15) is 5.10 Å². The van der Waals surface area contributed by atoms with Gasteiger partial charge in [0.25, 0.3) is 0 Å². The molecule has 0 saturated carbocycles. The molecule has 1 fully saturated rings. The van der Waals surface area contributed by atoms with Crippen molar-refractivity contribution in [3.63, 3.8) is 0 Å². The van der Waals surface area contributed by atoms with Crippen LogP contribution in [0, 0.1) is 0 Å². The van der Waals surface area contributed by atoms with Crippen LogP contribution < -0.4 is 15.0 Å². The van der Waals surface area contributed by atoms with Crippen LogP contribution in [-0.2, 0) is 17.6 Å². The molecule has 1 saturated heterocycles. The SMILES string of the molecule is COc1cccc(NC2CCN(c3ccc4c(c3)CCc3n[nH]cc3-4)C2=O)c1. The van der Waals surface area contributed by atoms with Crippen LogP contribution in [0.25, 0.3) is 11.1 Å². The highest BCUT2D eigenvalue weighted by atomic mass is 16.5. The Bertz CT molecular complexity index is 1040. The van der Waals surface area contributed by atoms with Gasteiger partial charge >= 0.3 is 0 Å². The van der Waals surface area contributed by atoms with Gasteiger partial charge in [0.05, 0.1) is 12.8 Å². The van der Waals surface area contributed by atoms with E-state index in [1.807, 2.05) is 41.4 Å². The molecule has 5 rings (SSSR count). The van der Waals surface area contributed by atoms with Gasteiger partial charge in [-0.3, -0.25) is 9.89 Å². The van der Waals surface area contributed by atoms with E-state index in [-0.39, 0.29) is 11.9 Å². The highest BCUT2D eigenvalue weighted by Gasteiger charge is 2.33. The summed E-state index contributed by atoms with van der Waals surface area (Å²) in [6.45, 7) is 0.718. The summed E-state index contributed by atoms with van der Waals surface area (Å²) in [7, 11) is 1.64. The van der Waals surface area contributed by atoms with Gasteiger partial charge in [0, 0.05) is 35.7 Å². The van der Waals surface area contributed by atoms with Crippen LogP contribution in [0.15, 0.2) is 48.7 Å². The predicted octanol–water partition coefficient (Wildman–Crippen LogP) is 3.40. The van der Waals surface area contributed by atoms with Gasteiger partial charge in [0.15, 0.2) is 0 Å². The topological polar surface area (TPSA) is 70.2 Å². The van der Waals surface area contributed by atoms with Crippen LogP contribution in [-0.4, -0.2) is 35.8 Å². The molecular weight excluding hydrogens is 352 g/mol. The number of methoxy groups -OCH3 is 1. The number of rotatable bonds is 4. The number of aromatic amines is 1. The molecule has 0 spiro atoms. The van der Waals surface area contributed by atoms with Crippen molar-refractivity contribution in [2.45, 2.75) is 25.3 Å². The fourth-order valence-electron chi connectivity index (χ4n) is 4.20. The first-order valence-corrected chi connectivity index (χ1v) is 9.61. The van der Waals surface area contributed by atoms with Crippen molar-refractivity contribution in [3.8, 4) is 16.9 Å². The molecule has 6 nitrogen and oxygen atoms in total. The molecular formula is C22H22N4O2. The molecule has 6 heteroatoms. The molecule has 3 aromatic rings. The summed E-state index contributed by atoms with van der Waals surface area (Å²) in [6, 6.07) is 13.8. The summed E-state index contributed by atoms with van der Waals surface area (Å²) < 4.78 is 5.27. The van der Waals surface area contributed by atoms with E-state index in [1.54, 1.807) is 7.11 Å². The number of carbonyl (C=O) groups is 1. The number of hydrogen-bond acceptors (Lipinski definition) is 4. The van der Waals surface area contributed by atoms with E-state index in [9.17, 15) is 4.79 Å². The van der Waals surface area contributed by atoms with Crippen molar-refractivity contribution >= 4 is 17.3 Å². The number of fused-ring (bicyclic) bond motifs is 3. The molecule has 1 atom stereocenters. The molecule has 1 amide bonds. The summed E-state index contributed by atoms with van der Waals surface area (Å²) in [5.74, 6) is 0.892. The molecule has 2 aliphatic rings. The number of amides is 1. The first kappa shape index (κ1) is 16.9. The Morgan fingerprint density at radius 1 is 1.18 bits per heavy atom. The van der Waals surface area contributed by atoms with Crippen molar-refractivity contribution in [1.29, 1.82) is 0 Å². The number of nitrogens with zero attached hydrogens (tertiary/aromatic N) is 2. The number of aromatic nitrogens is 2. The van der Waals surface area contributed by atoms with E-state index in [1.165, 1.54) is 16.7 Å². The predicted molar refractivity (Wildman–Crippen MR) is 109 cm³/mol. The van der Waals surface area contributed by atoms with Crippen LogP contribution in [0.4, 0.5) is 11.4 Å². The Labute approximate surface area is 163 Å². The number of anilines is 2. The maximum Gasteiger partial charge on any atom is 0.249 e. The van der Waals surface area contributed by atoms with Gasteiger partial charge in [-0.25, -0.2) is 0 Å². The molecule has 28 heavy (non-hydrogen) atoms. The number of carbonyl (C=O) groups excluding carboxylic acids is 1. The summed E-state index contributed by atoms with van der Waals surface area (Å²) in [5, 5.41) is 10.6. The van der Waals surface area contributed by atoms with E-state index in [4.69, 9.17) is 4.74 Å². The zero-order valence-corrected chi connectivity index (χ0v) is 15.7. The monoisotopic (exact) mass is 374 g/mol. The van der Waals surface area contributed by atoms with Crippen LogP contribution in [0.5, 0.6) is 5.75 Å². The molecule has 142 valence electrons. The molecule has 1 aliphatic heterocycles. The number of aryl methyl sites for hydroxylation is 2. The van der Waals surface area contributed by atoms with E-state index in [0.717, 1.165) is 48.6 Å². The van der Waals surface area contributed by atoms with Crippen LogP contribution in [0.3, 0.4) is 0 Å². The second kappa shape index (κ2) is 6.71. The van der Waals surface area contributed by atoms with Crippen molar-refractivity contribution in [2.75, 3.05) is 23.9 Å². The third kappa shape index (κ3) is 2.81. The van der Waals surface area contributed by atoms with E-state index in [2.05, 4.69) is 27.6 Å². The first-order chi connectivity index (χ1) is 13.7. The van der Waals surface area contributed by atoms with Gasteiger partial charge in [-0.1, -0.05) is 12.1 Å². The molecule has 1 aromatic heterocycles. The number of H-pyrrole nitrogens is 1. The Kier molecular flexibility index (Phi) is 4.04. The normalized spacial score (nSPS) is 18.0. The first-order valence-electron chi connectivity index (χ1n) is 9.61. The summed E-state index contributed by atoms with van der Waals surface area (Å²) in [5.41, 5.74) is 6.68. The Hall–Kier alpha value is -3.28. The lowest BCUT2D eigenvalue weighted by Crippen LogP contribution is -2.33. The minimum absolute atomic E-state index is 0.113. The second-order valence-electron chi connectivity index (χ2n) is 7.29. The van der Waals surface area contributed by atoms with Crippen molar-refractivity contribution in [2.24, 2.45) is 0 Å². The average Bonchev–Trinajstić information content (AvgIpc) is 3.35. The minimum Gasteiger partial charge on any atom is -0.497 e. The Morgan fingerprint density at radius 2 is 2.11 bits per heavy atom. The average molecular weight is 374 g/mol. The Morgan fingerprint density at radius 3 is 3.00 bits per heavy atom. The highest BCUT2D eigenvalue weighted by molar-refractivity contribution is 6.01. The Balaban J connectivity index is 1.36. The third-order valence-corrected chi connectivity index (χ3v) is 5.66. The molecule has 1 aliphatic carbocycles. The third-order valence-electron chi connectivity index (χ3n) is 5.66. The maximum atomic E-state index is 13.0. The smallest absolute Gasteiger partial charge is 0.249 e. The minimum atomic E-state index is -0.219. The van der Waals surface area contributed by atoms with E-state index in [0.29, 0.717) is 0 Å². The number of benzene rings is 2. The van der Waals surface area contributed by atoms with Crippen LogP contribution in [0.2, 0.25) is 0 Å².